The number of urea groups is 1. The number of carbonyl (C=O) groups is 1. The number of rotatable bonds is 8. The van der Waals surface area contributed by atoms with Gasteiger partial charge in [0, 0.05) is 6.54 Å². The van der Waals surface area contributed by atoms with Gasteiger partial charge in [-0.3, -0.25) is 0 Å². The van der Waals surface area contributed by atoms with Crippen LogP contribution in [0.2, 0.25) is 0 Å². The molecule has 0 saturated heterocycles. The van der Waals surface area contributed by atoms with Crippen molar-refractivity contribution < 1.29 is 23.4 Å². The van der Waals surface area contributed by atoms with Crippen LogP contribution in [-0.4, -0.2) is 43.4 Å². The van der Waals surface area contributed by atoms with Crippen molar-refractivity contribution in [1.29, 1.82) is 0 Å². The lowest BCUT2D eigenvalue weighted by Crippen LogP contribution is -2.67. The summed E-state index contributed by atoms with van der Waals surface area (Å²) in [7, 11) is -3.95. The first kappa shape index (κ1) is 36.6. The van der Waals surface area contributed by atoms with Gasteiger partial charge in [-0.05, 0) is 132 Å². The molecule has 4 aliphatic carbocycles. The van der Waals surface area contributed by atoms with Gasteiger partial charge >= 0.3 is 6.03 Å². The monoisotopic (exact) mass is 672 g/mol. The largest absolute Gasteiger partial charge is 0.393 e. The van der Waals surface area contributed by atoms with Gasteiger partial charge in [-0.2, -0.15) is 0 Å². The zero-order valence-electron chi connectivity index (χ0n) is 30.7. The van der Waals surface area contributed by atoms with Crippen molar-refractivity contribution in [2.75, 3.05) is 6.54 Å². The van der Waals surface area contributed by atoms with E-state index in [2.05, 4.69) is 72.4 Å². The van der Waals surface area contributed by atoms with Crippen LogP contribution >= 0.6 is 0 Å². The molecule has 2 amide bonds. The van der Waals surface area contributed by atoms with Crippen molar-refractivity contribution in [3.05, 3.63) is 29.8 Å². The van der Waals surface area contributed by atoms with Gasteiger partial charge in [0.15, 0.2) is 0 Å². The Kier molecular flexibility index (Phi) is 9.82. The Bertz CT molecular complexity index is 1410. The van der Waals surface area contributed by atoms with Crippen molar-refractivity contribution in [2.45, 2.75) is 149 Å². The fraction of sp³-hybridized carbons (Fsp3) is 0.821. The molecule has 0 spiro atoms. The van der Waals surface area contributed by atoms with Crippen molar-refractivity contribution in [2.24, 2.45) is 51.2 Å². The van der Waals surface area contributed by atoms with Gasteiger partial charge in [-0.1, -0.05) is 80.9 Å². The molecule has 266 valence electrons. The second-order valence-corrected chi connectivity index (χ2v) is 19.8. The van der Waals surface area contributed by atoms with Gasteiger partial charge in [0.25, 0.3) is 10.0 Å². The van der Waals surface area contributed by atoms with Crippen LogP contribution in [0.3, 0.4) is 0 Å². The van der Waals surface area contributed by atoms with E-state index in [4.69, 9.17) is 0 Å². The molecule has 1 aromatic rings. The van der Waals surface area contributed by atoms with Gasteiger partial charge in [-0.25, -0.2) is 17.9 Å². The number of carbonyl (C=O) groups excluding carboxylic acids is 1. The Morgan fingerprint density at radius 1 is 0.936 bits per heavy atom. The first-order chi connectivity index (χ1) is 21.7. The molecule has 0 bridgehead atoms. The number of benzene rings is 1. The third-order valence-corrected chi connectivity index (χ3v) is 16.7. The summed E-state index contributed by atoms with van der Waals surface area (Å²) in [5.41, 5.74) is 1.38. The lowest BCUT2D eigenvalue weighted by molar-refractivity contribution is -0.253. The average molecular weight is 673 g/mol. The molecule has 4 aliphatic rings. The molecule has 8 heteroatoms. The topological polar surface area (TPSA) is 116 Å². The molecular formula is C39H64N2O5S. The standard InChI is InChI=1S/C39H64N2O5S/c1-10-29-31-24-27(42)17-19-37(31,7)39(9)22-21-38(8)30(32(39)33(29)43)18-20-36(38,6)25(2)12-11-23-40-34(44)41-47(45,46)28-15-13-26(14-16-28)35(3,4)5/h13-16,25,27,29-33,42-43H,10-12,17-24H2,1-9H3,(H2,40,41,44)/t25-,27-,29-,30+,31+,32-,33-,36-,37+,38+,39+/m1/s1. The molecule has 0 aromatic heterocycles. The summed E-state index contributed by atoms with van der Waals surface area (Å²) < 4.78 is 27.8. The second kappa shape index (κ2) is 12.6. The lowest BCUT2D eigenvalue weighted by atomic mass is 9.35. The molecule has 11 atom stereocenters. The van der Waals surface area contributed by atoms with Crippen molar-refractivity contribution in [3.8, 4) is 0 Å². The molecule has 5 rings (SSSR count). The smallest absolute Gasteiger partial charge is 0.328 e. The minimum Gasteiger partial charge on any atom is -0.393 e. The predicted molar refractivity (Wildman–Crippen MR) is 188 cm³/mol. The maximum atomic E-state index is 12.8. The Morgan fingerprint density at radius 3 is 2.19 bits per heavy atom. The van der Waals surface area contributed by atoms with Crippen LogP contribution in [0, 0.1) is 51.2 Å². The third kappa shape index (κ3) is 5.98. The van der Waals surface area contributed by atoms with Crippen LogP contribution < -0.4 is 10.0 Å². The van der Waals surface area contributed by atoms with Crippen LogP contribution in [-0.2, 0) is 15.4 Å². The normalized spacial score (nSPS) is 40.9. The number of aliphatic hydroxyl groups excluding tert-OH is 2. The summed E-state index contributed by atoms with van der Waals surface area (Å²) in [5.74, 6) is 1.77. The van der Waals surface area contributed by atoms with E-state index in [1.165, 1.54) is 0 Å². The van der Waals surface area contributed by atoms with Crippen molar-refractivity contribution in [1.82, 2.24) is 10.0 Å². The quantitative estimate of drug-likeness (QED) is 0.211. The third-order valence-electron chi connectivity index (χ3n) is 15.3. The molecule has 0 unspecified atom stereocenters. The first-order valence-corrected chi connectivity index (χ1v) is 20.0. The van der Waals surface area contributed by atoms with Gasteiger partial charge in [0.2, 0.25) is 0 Å². The van der Waals surface area contributed by atoms with E-state index in [9.17, 15) is 23.4 Å². The summed E-state index contributed by atoms with van der Waals surface area (Å²) in [5, 5.41) is 25.6. The summed E-state index contributed by atoms with van der Waals surface area (Å²) in [6, 6.07) is 6.00. The van der Waals surface area contributed by atoms with E-state index in [-0.39, 0.29) is 56.0 Å². The Balaban J connectivity index is 1.21. The highest BCUT2D eigenvalue weighted by Gasteiger charge is 2.71. The Morgan fingerprint density at radius 2 is 1.57 bits per heavy atom. The second-order valence-electron chi connectivity index (χ2n) is 18.1. The van der Waals surface area contributed by atoms with Gasteiger partial charge < -0.3 is 15.5 Å². The highest BCUT2D eigenvalue weighted by molar-refractivity contribution is 7.90. The van der Waals surface area contributed by atoms with E-state index in [1.807, 2.05) is 0 Å². The van der Waals surface area contributed by atoms with Crippen LogP contribution in [0.4, 0.5) is 4.79 Å². The number of fused-ring (bicyclic) bond motifs is 5. The first-order valence-electron chi connectivity index (χ1n) is 18.5. The fourth-order valence-electron chi connectivity index (χ4n) is 11.7. The summed E-state index contributed by atoms with van der Waals surface area (Å²) in [6.07, 6.45) is 9.44. The number of hydrogen-bond acceptors (Lipinski definition) is 5. The molecule has 0 radical (unpaired) electrons. The maximum Gasteiger partial charge on any atom is 0.328 e. The zero-order valence-corrected chi connectivity index (χ0v) is 31.5. The minimum atomic E-state index is -3.95. The average Bonchev–Trinajstić information content (AvgIpc) is 3.27. The lowest BCUT2D eigenvalue weighted by Gasteiger charge is -2.70. The van der Waals surface area contributed by atoms with Crippen LogP contribution in [0.1, 0.15) is 132 Å². The van der Waals surface area contributed by atoms with Gasteiger partial charge in [0.05, 0.1) is 17.1 Å². The summed E-state index contributed by atoms with van der Waals surface area (Å²) in [6.45, 7) is 21.2. The number of sulfonamides is 1. The molecular weight excluding hydrogens is 609 g/mol. The number of hydrogen-bond donors (Lipinski definition) is 4. The number of nitrogens with one attached hydrogen (secondary N) is 2. The number of amides is 2. The van der Waals surface area contributed by atoms with Crippen LogP contribution in [0.15, 0.2) is 29.2 Å². The van der Waals surface area contributed by atoms with Gasteiger partial charge in [-0.15, -0.1) is 0 Å². The van der Waals surface area contributed by atoms with Crippen LogP contribution in [0.25, 0.3) is 0 Å². The summed E-state index contributed by atoms with van der Waals surface area (Å²) in [4.78, 5) is 12.7. The van der Waals surface area contributed by atoms with Crippen molar-refractivity contribution >= 4 is 16.1 Å². The van der Waals surface area contributed by atoms with Gasteiger partial charge in [0.1, 0.15) is 0 Å². The Hall–Kier alpha value is -1.64. The van der Waals surface area contributed by atoms with E-state index < -0.39 is 16.1 Å². The van der Waals surface area contributed by atoms with E-state index >= 15 is 0 Å². The molecule has 0 aliphatic heterocycles. The Labute approximate surface area is 285 Å². The highest BCUT2D eigenvalue weighted by atomic mass is 32.2. The zero-order chi connectivity index (χ0) is 34.8. The van der Waals surface area contributed by atoms with E-state index in [1.54, 1.807) is 24.3 Å². The van der Waals surface area contributed by atoms with Crippen molar-refractivity contribution in [3.63, 3.8) is 0 Å². The van der Waals surface area contributed by atoms with E-state index in [0.717, 1.165) is 69.8 Å². The maximum absolute atomic E-state index is 12.8. The summed E-state index contributed by atoms with van der Waals surface area (Å²) >= 11 is 0. The highest BCUT2D eigenvalue weighted by Crippen LogP contribution is 2.76. The molecule has 0 heterocycles. The molecule has 47 heavy (non-hydrogen) atoms. The minimum absolute atomic E-state index is 0.0633. The number of aliphatic hydroxyl groups is 2. The molecule has 4 saturated carbocycles. The molecule has 1 aromatic carbocycles. The fourth-order valence-corrected chi connectivity index (χ4v) is 12.7. The SMILES string of the molecule is CC[C@H]1[C@@H](O)[C@H]2[C@@H]3CC[C@](C)([C@H](C)CCCNC(=O)NS(=O)(=O)c4ccc(C(C)(C)C)cc4)[C@@]3(C)CC[C@]2(C)[C@@]2(C)CC[C@@H](O)C[C@@H]12. The molecule has 7 nitrogen and oxygen atoms in total. The van der Waals surface area contributed by atoms with Crippen LogP contribution in [0.5, 0.6) is 0 Å². The van der Waals surface area contributed by atoms with E-state index in [0.29, 0.717) is 24.3 Å². The molecule has 4 fully saturated rings. The molecule has 4 N–H and O–H groups in total. The predicted octanol–water partition coefficient (Wildman–Crippen LogP) is 7.80.